The molecule has 1 heterocycles. The molecule has 1 aliphatic rings. The highest BCUT2D eigenvalue weighted by Gasteiger charge is 2.25. The third-order valence-corrected chi connectivity index (χ3v) is 3.10. The van der Waals surface area contributed by atoms with E-state index < -0.39 is 0 Å². The highest BCUT2D eigenvalue weighted by Crippen LogP contribution is 2.11. The lowest BCUT2D eigenvalue weighted by molar-refractivity contribution is -0.126. The van der Waals surface area contributed by atoms with Crippen molar-refractivity contribution < 1.29 is 4.79 Å². The summed E-state index contributed by atoms with van der Waals surface area (Å²) in [6.07, 6.45) is 2.18. The van der Waals surface area contributed by atoms with E-state index in [1.54, 1.807) is 0 Å². The van der Waals surface area contributed by atoms with E-state index in [4.69, 9.17) is 5.73 Å². The second-order valence-corrected chi connectivity index (χ2v) is 5.21. The van der Waals surface area contributed by atoms with Crippen LogP contribution in [0.2, 0.25) is 0 Å². The Morgan fingerprint density at radius 3 is 2.65 bits per heavy atom. The van der Waals surface area contributed by atoms with Gasteiger partial charge in [0.15, 0.2) is 0 Å². The first-order valence-corrected chi connectivity index (χ1v) is 6.28. The molecule has 3 N–H and O–H groups in total. The zero-order valence-electron chi connectivity index (χ0n) is 11.1. The number of carbonyl (C=O) groups excluding carboxylic acids is 1. The van der Waals surface area contributed by atoms with Crippen LogP contribution in [-0.2, 0) is 4.79 Å². The highest BCUT2D eigenvalue weighted by molar-refractivity contribution is 5.85. The normalized spacial score (nSPS) is 23.0. The molecule has 17 heavy (non-hydrogen) atoms. The Kier molecular flexibility index (Phi) is 7.75. The number of rotatable bonds is 4. The van der Waals surface area contributed by atoms with Gasteiger partial charge in [-0.1, -0.05) is 13.8 Å². The Bertz CT molecular complexity index is 236. The van der Waals surface area contributed by atoms with Crippen molar-refractivity contribution in [2.45, 2.75) is 45.7 Å². The average molecular weight is 264 g/mol. The first kappa shape index (κ1) is 16.7. The number of hydrogen-bond donors (Lipinski definition) is 2. The number of nitrogens with zero attached hydrogens (tertiary/aromatic N) is 1. The lowest BCUT2D eigenvalue weighted by atomic mass is 10.0. The summed E-state index contributed by atoms with van der Waals surface area (Å²) in [5.41, 5.74) is 5.91. The molecule has 0 aromatic carbocycles. The second kappa shape index (κ2) is 7.90. The van der Waals surface area contributed by atoms with Crippen LogP contribution in [0.25, 0.3) is 0 Å². The van der Waals surface area contributed by atoms with Crippen molar-refractivity contribution in [2.24, 2.45) is 11.7 Å². The molecule has 1 amide bonds. The minimum Gasteiger partial charge on any atom is -0.354 e. The van der Waals surface area contributed by atoms with Crippen molar-refractivity contribution in [2.75, 3.05) is 19.6 Å². The van der Waals surface area contributed by atoms with Crippen molar-refractivity contribution in [3.63, 3.8) is 0 Å². The number of hydrogen-bond acceptors (Lipinski definition) is 3. The molecule has 0 radical (unpaired) electrons. The second-order valence-electron chi connectivity index (χ2n) is 5.21. The van der Waals surface area contributed by atoms with Gasteiger partial charge in [-0.15, -0.1) is 12.4 Å². The molecule has 4 nitrogen and oxygen atoms in total. The maximum Gasteiger partial charge on any atom is 0.237 e. The van der Waals surface area contributed by atoms with Crippen molar-refractivity contribution in [1.29, 1.82) is 0 Å². The summed E-state index contributed by atoms with van der Waals surface area (Å²) in [7, 11) is 0. The fourth-order valence-electron chi connectivity index (χ4n) is 2.01. The van der Waals surface area contributed by atoms with E-state index in [1.165, 1.54) is 0 Å². The van der Waals surface area contributed by atoms with Crippen LogP contribution in [0.5, 0.6) is 0 Å². The third-order valence-electron chi connectivity index (χ3n) is 3.10. The van der Waals surface area contributed by atoms with Crippen molar-refractivity contribution >= 4 is 18.3 Å². The smallest absolute Gasteiger partial charge is 0.237 e. The zero-order chi connectivity index (χ0) is 12.1. The number of likely N-dealkylation sites (tertiary alicyclic amines) is 1. The number of nitrogens with two attached hydrogens (primary N) is 1. The van der Waals surface area contributed by atoms with E-state index >= 15 is 0 Å². The Morgan fingerprint density at radius 2 is 2.12 bits per heavy atom. The minimum atomic E-state index is -0.0508. The summed E-state index contributed by atoms with van der Waals surface area (Å²) in [4.78, 5) is 14.0. The largest absolute Gasteiger partial charge is 0.354 e. The van der Waals surface area contributed by atoms with E-state index in [-0.39, 0.29) is 30.4 Å². The van der Waals surface area contributed by atoms with Crippen LogP contribution in [0, 0.1) is 5.92 Å². The summed E-state index contributed by atoms with van der Waals surface area (Å²) in [5.74, 6) is 0.627. The molecule has 0 aliphatic carbocycles. The van der Waals surface area contributed by atoms with Crippen LogP contribution in [0.1, 0.15) is 33.6 Å². The number of carbonyl (C=O) groups is 1. The van der Waals surface area contributed by atoms with E-state index in [0.717, 1.165) is 32.5 Å². The van der Waals surface area contributed by atoms with Crippen LogP contribution < -0.4 is 11.1 Å². The minimum absolute atomic E-state index is 0. The fourth-order valence-corrected chi connectivity index (χ4v) is 2.01. The van der Waals surface area contributed by atoms with Crippen molar-refractivity contribution in [1.82, 2.24) is 10.2 Å². The highest BCUT2D eigenvalue weighted by atomic mass is 35.5. The number of amides is 1. The first-order valence-electron chi connectivity index (χ1n) is 6.28. The lowest BCUT2D eigenvalue weighted by Crippen LogP contribution is -2.52. The Balaban J connectivity index is 0.00000256. The van der Waals surface area contributed by atoms with Crippen LogP contribution >= 0.6 is 12.4 Å². The molecule has 0 aromatic heterocycles. The van der Waals surface area contributed by atoms with Gasteiger partial charge < -0.3 is 11.1 Å². The lowest BCUT2D eigenvalue weighted by Gasteiger charge is -2.34. The van der Waals surface area contributed by atoms with E-state index in [9.17, 15) is 4.79 Å². The molecule has 1 aliphatic heterocycles. The monoisotopic (exact) mass is 263 g/mol. The van der Waals surface area contributed by atoms with Gasteiger partial charge in [-0.05, 0) is 32.2 Å². The first-order chi connectivity index (χ1) is 7.50. The van der Waals surface area contributed by atoms with Crippen LogP contribution in [0.4, 0.5) is 0 Å². The van der Waals surface area contributed by atoms with Crippen LogP contribution in [0.15, 0.2) is 0 Å². The van der Waals surface area contributed by atoms with Gasteiger partial charge in [-0.25, -0.2) is 0 Å². The van der Waals surface area contributed by atoms with Crippen LogP contribution in [0.3, 0.4) is 0 Å². The average Bonchev–Trinajstić information content (AvgIpc) is 2.24. The van der Waals surface area contributed by atoms with E-state index in [2.05, 4.69) is 24.1 Å². The molecule has 2 atom stereocenters. The van der Waals surface area contributed by atoms with Gasteiger partial charge in [-0.2, -0.15) is 0 Å². The molecular weight excluding hydrogens is 238 g/mol. The zero-order valence-corrected chi connectivity index (χ0v) is 11.9. The number of nitrogens with one attached hydrogen (secondary N) is 1. The maximum absolute atomic E-state index is 11.9. The quantitative estimate of drug-likeness (QED) is 0.795. The topological polar surface area (TPSA) is 58.4 Å². The van der Waals surface area contributed by atoms with E-state index in [0.29, 0.717) is 5.92 Å². The summed E-state index contributed by atoms with van der Waals surface area (Å²) in [6, 6.07) is 0.180. The molecule has 0 saturated carbocycles. The third kappa shape index (κ3) is 5.70. The van der Waals surface area contributed by atoms with Crippen molar-refractivity contribution in [3.8, 4) is 0 Å². The Labute approximate surface area is 111 Å². The summed E-state index contributed by atoms with van der Waals surface area (Å²) < 4.78 is 0. The summed E-state index contributed by atoms with van der Waals surface area (Å²) in [5, 5.41) is 2.97. The van der Waals surface area contributed by atoms with Gasteiger partial charge in [0.25, 0.3) is 0 Å². The molecule has 1 unspecified atom stereocenters. The molecule has 5 heteroatoms. The predicted molar refractivity (Wildman–Crippen MR) is 73.3 cm³/mol. The SMILES string of the molecule is CC(C)CNC(=O)C(C)N1CCC[C@@H](N)C1.Cl. The Hall–Kier alpha value is -0.320. The number of piperidine rings is 1. The van der Waals surface area contributed by atoms with Gasteiger partial charge in [-0.3, -0.25) is 9.69 Å². The number of halogens is 1. The molecule has 1 saturated heterocycles. The molecule has 0 aromatic rings. The summed E-state index contributed by atoms with van der Waals surface area (Å²) >= 11 is 0. The van der Waals surface area contributed by atoms with Crippen molar-refractivity contribution in [3.05, 3.63) is 0 Å². The maximum atomic E-state index is 11.9. The van der Waals surface area contributed by atoms with Gasteiger partial charge >= 0.3 is 0 Å². The molecule has 1 fully saturated rings. The predicted octanol–water partition coefficient (Wildman–Crippen LogP) is 0.992. The molecule has 0 bridgehead atoms. The van der Waals surface area contributed by atoms with Gasteiger partial charge in [0.05, 0.1) is 6.04 Å². The van der Waals surface area contributed by atoms with Crippen LogP contribution in [-0.4, -0.2) is 42.5 Å². The van der Waals surface area contributed by atoms with Gasteiger partial charge in [0.2, 0.25) is 5.91 Å². The fraction of sp³-hybridized carbons (Fsp3) is 0.917. The van der Waals surface area contributed by atoms with Gasteiger partial charge in [0, 0.05) is 19.1 Å². The molecule has 0 spiro atoms. The summed E-state index contributed by atoms with van der Waals surface area (Å²) in [6.45, 7) is 8.75. The van der Waals surface area contributed by atoms with E-state index in [1.807, 2.05) is 6.92 Å². The molecular formula is C12H26ClN3O. The Morgan fingerprint density at radius 1 is 1.47 bits per heavy atom. The molecule has 1 rings (SSSR count). The molecule has 102 valence electrons. The standard InChI is InChI=1S/C12H25N3O.ClH/c1-9(2)7-14-12(16)10(3)15-6-4-5-11(13)8-15;/h9-11H,4-8,13H2,1-3H3,(H,14,16);1H/t10?,11-;/m1./s1. The van der Waals surface area contributed by atoms with Gasteiger partial charge in [0.1, 0.15) is 0 Å².